The zero-order valence-corrected chi connectivity index (χ0v) is 10.9. The van der Waals surface area contributed by atoms with Crippen molar-refractivity contribution in [2.45, 2.75) is 26.2 Å². The molecule has 2 rings (SSSR count). The van der Waals surface area contributed by atoms with Crippen LogP contribution in [0.25, 0.3) is 0 Å². The monoisotopic (exact) mass is 247 g/mol. The van der Waals surface area contributed by atoms with Gasteiger partial charge in [-0.15, -0.1) is 0 Å². The first-order chi connectivity index (χ1) is 8.61. The summed E-state index contributed by atoms with van der Waals surface area (Å²) in [5.74, 6) is 0.351. The Hall–Kier alpha value is -1.71. The summed E-state index contributed by atoms with van der Waals surface area (Å²) in [7, 11) is 0. The van der Waals surface area contributed by atoms with Gasteiger partial charge in [0.15, 0.2) is 0 Å². The molecule has 1 amide bonds. The van der Waals surface area contributed by atoms with Crippen LogP contribution in [0, 0.1) is 5.92 Å². The van der Waals surface area contributed by atoms with E-state index in [0.29, 0.717) is 11.3 Å². The zero-order valence-electron chi connectivity index (χ0n) is 10.9. The summed E-state index contributed by atoms with van der Waals surface area (Å²) in [4.78, 5) is 13.7. The Labute approximate surface area is 108 Å². The van der Waals surface area contributed by atoms with E-state index < -0.39 is 5.91 Å². The fraction of sp³-hybridized carbons (Fsp3) is 0.500. The molecule has 98 valence electrons. The highest BCUT2D eigenvalue weighted by molar-refractivity contribution is 5.99. The van der Waals surface area contributed by atoms with Crippen LogP contribution in [0.4, 0.5) is 11.4 Å². The van der Waals surface area contributed by atoms with Crippen LogP contribution in [0.1, 0.15) is 36.5 Å². The first-order valence-corrected chi connectivity index (χ1v) is 6.56. The van der Waals surface area contributed by atoms with E-state index in [9.17, 15) is 4.79 Å². The molecule has 4 N–H and O–H groups in total. The van der Waals surface area contributed by atoms with Gasteiger partial charge >= 0.3 is 0 Å². The average Bonchev–Trinajstić information content (AvgIpc) is 2.27. The topological polar surface area (TPSA) is 72.3 Å². The number of hydrogen-bond donors (Lipinski definition) is 2. The number of nitrogens with two attached hydrogens (primary N) is 2. The fourth-order valence-electron chi connectivity index (χ4n) is 2.40. The number of carbonyl (C=O) groups is 1. The second-order valence-electron chi connectivity index (χ2n) is 4.98. The Balaban J connectivity index is 2.26. The van der Waals surface area contributed by atoms with Gasteiger partial charge in [-0.1, -0.05) is 6.42 Å². The standard InChI is InChI=1S/C14H21N3O/c1-2-17(9-10-4-3-5-10)13-8-11(15)6-7-12(13)14(16)18/h6-8,10H,2-5,9,15H2,1H3,(H2,16,18). The second kappa shape index (κ2) is 5.29. The normalized spacial score (nSPS) is 15.2. The van der Waals surface area contributed by atoms with E-state index in [4.69, 9.17) is 11.5 Å². The van der Waals surface area contributed by atoms with E-state index in [2.05, 4.69) is 11.8 Å². The van der Waals surface area contributed by atoms with Gasteiger partial charge in [-0.05, 0) is 43.9 Å². The van der Waals surface area contributed by atoms with Gasteiger partial charge < -0.3 is 16.4 Å². The summed E-state index contributed by atoms with van der Waals surface area (Å²) < 4.78 is 0. The lowest BCUT2D eigenvalue weighted by atomic mass is 9.85. The van der Waals surface area contributed by atoms with Crippen LogP contribution in [-0.4, -0.2) is 19.0 Å². The number of primary amides is 1. The quantitative estimate of drug-likeness (QED) is 0.782. The highest BCUT2D eigenvalue weighted by Gasteiger charge is 2.22. The molecule has 18 heavy (non-hydrogen) atoms. The third-order valence-corrected chi connectivity index (χ3v) is 3.71. The van der Waals surface area contributed by atoms with Crippen molar-refractivity contribution in [3.8, 4) is 0 Å². The van der Waals surface area contributed by atoms with Crippen molar-refractivity contribution in [2.75, 3.05) is 23.7 Å². The van der Waals surface area contributed by atoms with Gasteiger partial charge in [0, 0.05) is 18.8 Å². The smallest absolute Gasteiger partial charge is 0.250 e. The van der Waals surface area contributed by atoms with Crippen LogP contribution in [0.15, 0.2) is 18.2 Å². The molecule has 0 bridgehead atoms. The van der Waals surface area contributed by atoms with Crippen LogP contribution < -0.4 is 16.4 Å². The van der Waals surface area contributed by atoms with Crippen molar-refractivity contribution >= 4 is 17.3 Å². The van der Waals surface area contributed by atoms with Gasteiger partial charge in [-0.2, -0.15) is 0 Å². The van der Waals surface area contributed by atoms with Crippen molar-refractivity contribution in [3.05, 3.63) is 23.8 Å². The number of rotatable bonds is 5. The molecule has 1 aromatic carbocycles. The molecule has 0 unspecified atom stereocenters. The SMILES string of the molecule is CCN(CC1CCC1)c1cc(N)ccc1C(N)=O. The molecule has 4 heteroatoms. The number of nitrogen functional groups attached to an aromatic ring is 1. The maximum absolute atomic E-state index is 11.5. The summed E-state index contributed by atoms with van der Waals surface area (Å²) >= 11 is 0. The Morgan fingerprint density at radius 3 is 2.67 bits per heavy atom. The van der Waals surface area contributed by atoms with Crippen molar-refractivity contribution in [2.24, 2.45) is 11.7 Å². The lowest BCUT2D eigenvalue weighted by molar-refractivity contribution is 0.100. The lowest BCUT2D eigenvalue weighted by Gasteiger charge is -2.34. The molecule has 4 nitrogen and oxygen atoms in total. The molecule has 1 saturated carbocycles. The van der Waals surface area contributed by atoms with Crippen LogP contribution in [-0.2, 0) is 0 Å². The number of anilines is 2. The molecule has 0 saturated heterocycles. The predicted octanol–water partition coefficient (Wildman–Crippen LogP) is 1.99. The summed E-state index contributed by atoms with van der Waals surface area (Å²) in [5.41, 5.74) is 13.3. The summed E-state index contributed by atoms with van der Waals surface area (Å²) in [6.45, 7) is 3.94. The van der Waals surface area contributed by atoms with Crippen LogP contribution in [0.2, 0.25) is 0 Å². The van der Waals surface area contributed by atoms with Gasteiger partial charge in [-0.3, -0.25) is 4.79 Å². The van der Waals surface area contributed by atoms with E-state index in [1.807, 2.05) is 6.07 Å². The van der Waals surface area contributed by atoms with E-state index in [1.165, 1.54) is 19.3 Å². The Bertz CT molecular complexity index is 441. The molecule has 1 aromatic rings. The predicted molar refractivity (Wildman–Crippen MR) is 74.6 cm³/mol. The third-order valence-electron chi connectivity index (χ3n) is 3.71. The van der Waals surface area contributed by atoms with Crippen molar-refractivity contribution in [1.82, 2.24) is 0 Å². The molecule has 1 fully saturated rings. The van der Waals surface area contributed by atoms with E-state index in [0.717, 1.165) is 24.7 Å². The maximum atomic E-state index is 11.5. The Morgan fingerprint density at radius 1 is 1.44 bits per heavy atom. The first kappa shape index (κ1) is 12.7. The molecule has 0 aromatic heterocycles. The number of carbonyl (C=O) groups excluding carboxylic acids is 1. The molecular formula is C14H21N3O. The molecule has 0 heterocycles. The van der Waals surface area contributed by atoms with E-state index in [-0.39, 0.29) is 0 Å². The Kier molecular flexibility index (Phi) is 3.75. The average molecular weight is 247 g/mol. The number of nitrogens with zero attached hydrogens (tertiary/aromatic N) is 1. The van der Waals surface area contributed by atoms with Gasteiger partial charge in [-0.25, -0.2) is 0 Å². The molecule has 1 aliphatic rings. The largest absolute Gasteiger partial charge is 0.399 e. The van der Waals surface area contributed by atoms with Crippen molar-refractivity contribution < 1.29 is 4.79 Å². The molecule has 0 spiro atoms. The highest BCUT2D eigenvalue weighted by atomic mass is 16.1. The fourth-order valence-corrected chi connectivity index (χ4v) is 2.40. The minimum atomic E-state index is -0.392. The Morgan fingerprint density at radius 2 is 2.17 bits per heavy atom. The number of benzene rings is 1. The molecule has 0 aliphatic heterocycles. The molecular weight excluding hydrogens is 226 g/mol. The number of amides is 1. The molecule has 0 atom stereocenters. The van der Waals surface area contributed by atoms with Crippen LogP contribution in [0.3, 0.4) is 0 Å². The summed E-state index contributed by atoms with van der Waals surface area (Å²) in [6.07, 6.45) is 3.89. The van der Waals surface area contributed by atoms with E-state index >= 15 is 0 Å². The van der Waals surface area contributed by atoms with Crippen molar-refractivity contribution in [1.29, 1.82) is 0 Å². The van der Waals surface area contributed by atoms with Crippen molar-refractivity contribution in [3.63, 3.8) is 0 Å². The third kappa shape index (κ3) is 2.58. The van der Waals surface area contributed by atoms with Gasteiger partial charge in [0.1, 0.15) is 0 Å². The molecule has 1 aliphatic carbocycles. The van der Waals surface area contributed by atoms with Gasteiger partial charge in [0.2, 0.25) is 0 Å². The molecule has 0 radical (unpaired) electrons. The minimum absolute atomic E-state index is 0.392. The van der Waals surface area contributed by atoms with Gasteiger partial charge in [0.25, 0.3) is 5.91 Å². The second-order valence-corrected chi connectivity index (χ2v) is 4.98. The highest BCUT2D eigenvalue weighted by Crippen LogP contribution is 2.30. The maximum Gasteiger partial charge on any atom is 0.250 e. The zero-order chi connectivity index (χ0) is 13.1. The van der Waals surface area contributed by atoms with E-state index in [1.54, 1.807) is 12.1 Å². The van der Waals surface area contributed by atoms with Crippen LogP contribution >= 0.6 is 0 Å². The van der Waals surface area contributed by atoms with Crippen LogP contribution in [0.5, 0.6) is 0 Å². The summed E-state index contributed by atoms with van der Waals surface area (Å²) in [5, 5.41) is 0. The summed E-state index contributed by atoms with van der Waals surface area (Å²) in [6, 6.07) is 5.29. The van der Waals surface area contributed by atoms with Gasteiger partial charge in [0.05, 0.1) is 11.3 Å². The minimum Gasteiger partial charge on any atom is -0.399 e. The number of hydrogen-bond acceptors (Lipinski definition) is 3. The lowest BCUT2D eigenvalue weighted by Crippen LogP contribution is -2.34. The first-order valence-electron chi connectivity index (χ1n) is 6.56.